The van der Waals surface area contributed by atoms with E-state index in [1.807, 2.05) is 0 Å². The Morgan fingerprint density at radius 1 is 1.21 bits per heavy atom. The van der Waals surface area contributed by atoms with Crippen LogP contribution in [0.2, 0.25) is 0 Å². The van der Waals surface area contributed by atoms with Gasteiger partial charge in [0.05, 0.1) is 17.4 Å². The van der Waals surface area contributed by atoms with Gasteiger partial charge in [-0.3, -0.25) is 4.79 Å². The fourth-order valence-corrected chi connectivity index (χ4v) is 1.49. The molecule has 1 heterocycles. The summed E-state index contributed by atoms with van der Waals surface area (Å²) in [6, 6.07) is 6.07. The fraction of sp³-hybridized carbons (Fsp3) is 0.0769. The van der Waals surface area contributed by atoms with E-state index in [9.17, 15) is 13.6 Å². The van der Waals surface area contributed by atoms with Crippen molar-refractivity contribution >= 4 is 17.4 Å². The van der Waals surface area contributed by atoms with E-state index < -0.39 is 17.5 Å². The summed E-state index contributed by atoms with van der Waals surface area (Å²) in [4.78, 5) is 15.8. The molecule has 0 spiro atoms. The van der Waals surface area contributed by atoms with E-state index in [0.717, 1.165) is 12.1 Å². The summed E-state index contributed by atoms with van der Waals surface area (Å²) in [7, 11) is 1.72. The van der Waals surface area contributed by atoms with Crippen molar-refractivity contribution in [2.24, 2.45) is 0 Å². The molecule has 1 amide bonds. The molecule has 0 aliphatic heterocycles. The third-order valence-corrected chi connectivity index (χ3v) is 2.45. The number of hydrogen-bond acceptors (Lipinski definition) is 3. The number of nitrogens with zero attached hydrogens (tertiary/aromatic N) is 1. The maximum atomic E-state index is 13.4. The molecule has 0 fully saturated rings. The Labute approximate surface area is 108 Å². The molecule has 19 heavy (non-hydrogen) atoms. The number of hydrogen-bond donors (Lipinski definition) is 2. The van der Waals surface area contributed by atoms with Gasteiger partial charge < -0.3 is 10.6 Å². The van der Waals surface area contributed by atoms with Crippen LogP contribution < -0.4 is 10.6 Å². The second-order valence-electron chi connectivity index (χ2n) is 3.76. The number of carbonyl (C=O) groups is 1. The van der Waals surface area contributed by atoms with Crippen molar-refractivity contribution < 1.29 is 13.6 Å². The van der Waals surface area contributed by atoms with Crippen LogP contribution in [0.3, 0.4) is 0 Å². The van der Waals surface area contributed by atoms with E-state index in [1.54, 1.807) is 19.2 Å². The highest BCUT2D eigenvalue weighted by Gasteiger charge is 2.12. The summed E-state index contributed by atoms with van der Waals surface area (Å²) in [5.41, 5.74) is 0.201. The van der Waals surface area contributed by atoms with Gasteiger partial charge in [-0.1, -0.05) is 0 Å². The third-order valence-electron chi connectivity index (χ3n) is 2.45. The Balaban J connectivity index is 2.15. The van der Waals surface area contributed by atoms with Crippen molar-refractivity contribution in [1.29, 1.82) is 0 Å². The molecule has 0 unspecified atom stereocenters. The SMILES string of the molecule is CNc1ccc(NC(=O)c2ccc(F)cc2F)cn1. The first-order chi connectivity index (χ1) is 9.10. The highest BCUT2D eigenvalue weighted by molar-refractivity contribution is 6.04. The number of rotatable bonds is 3. The summed E-state index contributed by atoms with van der Waals surface area (Å²) in [5.74, 6) is -1.64. The Morgan fingerprint density at radius 3 is 2.58 bits per heavy atom. The van der Waals surface area contributed by atoms with Crippen LogP contribution >= 0.6 is 0 Å². The normalized spacial score (nSPS) is 10.1. The maximum Gasteiger partial charge on any atom is 0.258 e. The highest BCUT2D eigenvalue weighted by Crippen LogP contribution is 2.14. The Morgan fingerprint density at radius 2 is 2.00 bits per heavy atom. The molecule has 1 aromatic heterocycles. The largest absolute Gasteiger partial charge is 0.373 e. The predicted octanol–water partition coefficient (Wildman–Crippen LogP) is 2.65. The Bertz CT molecular complexity index is 599. The number of aromatic nitrogens is 1. The summed E-state index contributed by atoms with van der Waals surface area (Å²) in [6.07, 6.45) is 1.44. The van der Waals surface area contributed by atoms with Crippen LogP contribution in [-0.2, 0) is 0 Å². The van der Waals surface area contributed by atoms with Crippen LogP contribution in [-0.4, -0.2) is 17.9 Å². The molecule has 98 valence electrons. The highest BCUT2D eigenvalue weighted by atomic mass is 19.1. The molecule has 0 aliphatic rings. The van der Waals surface area contributed by atoms with Crippen molar-refractivity contribution in [2.75, 3.05) is 17.7 Å². The minimum absolute atomic E-state index is 0.223. The predicted molar refractivity (Wildman–Crippen MR) is 68.1 cm³/mol. The average Bonchev–Trinajstić information content (AvgIpc) is 2.39. The standard InChI is InChI=1S/C13H11F2N3O/c1-16-12-5-3-9(7-17-12)18-13(19)10-4-2-8(14)6-11(10)15/h2-7H,1H3,(H,16,17)(H,18,19). The van der Waals surface area contributed by atoms with Crippen LogP contribution in [0, 0.1) is 11.6 Å². The zero-order valence-corrected chi connectivity index (χ0v) is 10.1. The van der Waals surface area contributed by atoms with Crippen LogP contribution in [0.5, 0.6) is 0 Å². The number of amides is 1. The van der Waals surface area contributed by atoms with Crippen molar-refractivity contribution in [1.82, 2.24) is 4.98 Å². The van der Waals surface area contributed by atoms with E-state index in [-0.39, 0.29) is 5.56 Å². The molecule has 0 bridgehead atoms. The average molecular weight is 263 g/mol. The molecule has 0 saturated heterocycles. The monoisotopic (exact) mass is 263 g/mol. The second-order valence-corrected chi connectivity index (χ2v) is 3.76. The van der Waals surface area contributed by atoms with Gasteiger partial charge in [0, 0.05) is 13.1 Å². The summed E-state index contributed by atoms with van der Waals surface area (Å²) < 4.78 is 26.1. The van der Waals surface area contributed by atoms with Gasteiger partial charge in [0.25, 0.3) is 5.91 Å². The third kappa shape index (κ3) is 3.04. The lowest BCUT2D eigenvalue weighted by atomic mass is 10.2. The fourth-order valence-electron chi connectivity index (χ4n) is 1.49. The number of halogens is 2. The zero-order valence-electron chi connectivity index (χ0n) is 10.1. The van der Waals surface area contributed by atoms with Crippen molar-refractivity contribution in [3.63, 3.8) is 0 Å². The van der Waals surface area contributed by atoms with Gasteiger partial charge in [0.2, 0.25) is 0 Å². The van der Waals surface area contributed by atoms with Gasteiger partial charge in [0.1, 0.15) is 17.5 Å². The van der Waals surface area contributed by atoms with Crippen LogP contribution in [0.25, 0.3) is 0 Å². The Hall–Kier alpha value is -2.50. The zero-order chi connectivity index (χ0) is 13.8. The number of anilines is 2. The van der Waals surface area contributed by atoms with Gasteiger partial charge in [-0.05, 0) is 24.3 Å². The number of benzene rings is 1. The number of pyridine rings is 1. The van der Waals surface area contributed by atoms with Crippen molar-refractivity contribution in [3.05, 3.63) is 53.7 Å². The first kappa shape index (κ1) is 12.9. The molecule has 1 aromatic carbocycles. The van der Waals surface area contributed by atoms with Gasteiger partial charge >= 0.3 is 0 Å². The van der Waals surface area contributed by atoms with Gasteiger partial charge in [-0.2, -0.15) is 0 Å². The smallest absolute Gasteiger partial charge is 0.258 e. The minimum Gasteiger partial charge on any atom is -0.373 e. The topological polar surface area (TPSA) is 54.0 Å². The van der Waals surface area contributed by atoms with Crippen LogP contribution in [0.1, 0.15) is 10.4 Å². The number of nitrogens with one attached hydrogen (secondary N) is 2. The maximum absolute atomic E-state index is 13.4. The van der Waals surface area contributed by atoms with Gasteiger partial charge in [0.15, 0.2) is 0 Å². The van der Waals surface area contributed by atoms with E-state index in [0.29, 0.717) is 17.6 Å². The van der Waals surface area contributed by atoms with E-state index in [4.69, 9.17) is 0 Å². The van der Waals surface area contributed by atoms with E-state index in [2.05, 4.69) is 15.6 Å². The molecule has 2 rings (SSSR count). The summed E-state index contributed by atoms with van der Waals surface area (Å²) in [6.45, 7) is 0. The van der Waals surface area contributed by atoms with Crippen LogP contribution in [0.4, 0.5) is 20.3 Å². The lowest BCUT2D eigenvalue weighted by Gasteiger charge is -2.06. The molecule has 4 nitrogen and oxygen atoms in total. The molecular weight excluding hydrogens is 252 g/mol. The minimum atomic E-state index is -0.905. The first-order valence-electron chi connectivity index (χ1n) is 5.50. The van der Waals surface area contributed by atoms with E-state index >= 15 is 0 Å². The lowest BCUT2D eigenvalue weighted by Crippen LogP contribution is -2.14. The molecular formula is C13H11F2N3O. The molecule has 0 aliphatic carbocycles. The molecule has 0 radical (unpaired) electrons. The van der Waals surface area contributed by atoms with Gasteiger partial charge in [-0.15, -0.1) is 0 Å². The van der Waals surface area contributed by atoms with Gasteiger partial charge in [-0.25, -0.2) is 13.8 Å². The molecule has 6 heteroatoms. The van der Waals surface area contributed by atoms with E-state index in [1.165, 1.54) is 6.20 Å². The van der Waals surface area contributed by atoms with Crippen LogP contribution in [0.15, 0.2) is 36.5 Å². The quantitative estimate of drug-likeness (QED) is 0.895. The Kier molecular flexibility index (Phi) is 3.70. The number of carbonyl (C=O) groups excluding carboxylic acids is 1. The molecule has 2 aromatic rings. The van der Waals surface area contributed by atoms with Crippen molar-refractivity contribution in [2.45, 2.75) is 0 Å². The lowest BCUT2D eigenvalue weighted by molar-refractivity contribution is 0.102. The molecule has 2 N–H and O–H groups in total. The molecule has 0 saturated carbocycles. The first-order valence-corrected chi connectivity index (χ1v) is 5.50. The van der Waals surface area contributed by atoms with Crippen molar-refractivity contribution in [3.8, 4) is 0 Å². The second kappa shape index (κ2) is 5.43. The molecule has 0 atom stereocenters. The summed E-state index contributed by atoms with van der Waals surface area (Å²) in [5, 5.41) is 5.31. The summed E-state index contributed by atoms with van der Waals surface area (Å²) >= 11 is 0.